The van der Waals surface area contributed by atoms with E-state index < -0.39 is 4.92 Å². The largest absolute Gasteiger partial charge is 0.486 e. The average Bonchev–Trinajstić information content (AvgIpc) is 3.29. The standard InChI is InChI=1S/C27H26N4O4S.BrH/c1-27(2,3)20-12-14-23(15-13-20)35-17-25-28-29-26(30(25)21-9-5-4-6-10-21)36-18-24(32)19-8-7-11-22(16-19)31(33)34;/h4-16H,17-18H2,1-3H3;1H. The van der Waals surface area contributed by atoms with E-state index in [0.717, 1.165) is 11.4 Å². The Morgan fingerprint density at radius 1 is 1.00 bits per heavy atom. The maximum Gasteiger partial charge on any atom is 0.270 e. The van der Waals surface area contributed by atoms with Crippen molar-refractivity contribution in [3.63, 3.8) is 0 Å². The highest BCUT2D eigenvalue weighted by atomic mass is 79.9. The SMILES string of the molecule is Br.CC(C)(C)c1ccc(OCc2nnc(SCC(=O)c3cccc([N+](=O)[O-])c3)n2-c2ccccc2)cc1. The molecule has 0 saturated carbocycles. The van der Waals surface area contributed by atoms with Crippen LogP contribution in [-0.2, 0) is 12.0 Å². The predicted molar refractivity (Wildman–Crippen MR) is 149 cm³/mol. The zero-order chi connectivity index (χ0) is 25.7. The topological polar surface area (TPSA) is 100 Å². The lowest BCUT2D eigenvalue weighted by Gasteiger charge is -2.19. The van der Waals surface area contributed by atoms with Gasteiger partial charge in [0.1, 0.15) is 12.4 Å². The smallest absolute Gasteiger partial charge is 0.270 e. The van der Waals surface area contributed by atoms with Crippen LogP contribution in [0.1, 0.15) is 42.5 Å². The fourth-order valence-electron chi connectivity index (χ4n) is 3.53. The molecule has 0 radical (unpaired) electrons. The quantitative estimate of drug-likeness (QED) is 0.0947. The van der Waals surface area contributed by atoms with Crippen molar-refractivity contribution >= 4 is 40.2 Å². The van der Waals surface area contributed by atoms with E-state index in [9.17, 15) is 14.9 Å². The van der Waals surface area contributed by atoms with Crippen molar-refractivity contribution in [3.8, 4) is 11.4 Å². The molecular formula is C27H27BrN4O4S. The molecule has 0 amide bonds. The van der Waals surface area contributed by atoms with Crippen LogP contribution >= 0.6 is 28.7 Å². The van der Waals surface area contributed by atoms with Crippen LogP contribution in [0.15, 0.2) is 84.0 Å². The number of Topliss-reactive ketones (excluding diaryl/α,β-unsaturated/α-hetero) is 1. The summed E-state index contributed by atoms with van der Waals surface area (Å²) in [6, 6.07) is 23.3. The molecule has 0 saturated heterocycles. The fraction of sp³-hybridized carbons (Fsp3) is 0.222. The minimum atomic E-state index is -0.515. The van der Waals surface area contributed by atoms with Crippen molar-refractivity contribution in [2.45, 2.75) is 37.9 Å². The Morgan fingerprint density at radius 2 is 1.70 bits per heavy atom. The zero-order valence-electron chi connectivity index (χ0n) is 20.7. The minimum absolute atomic E-state index is 0. The molecule has 3 aromatic carbocycles. The van der Waals surface area contributed by atoms with Gasteiger partial charge in [-0.3, -0.25) is 19.5 Å². The number of nitrogens with zero attached hydrogens (tertiary/aromatic N) is 4. The Hall–Kier alpha value is -3.50. The molecule has 0 unspecified atom stereocenters. The second-order valence-corrected chi connectivity index (χ2v) is 10.1. The molecular weight excluding hydrogens is 556 g/mol. The van der Waals surface area contributed by atoms with Crippen LogP contribution in [0.25, 0.3) is 5.69 Å². The van der Waals surface area contributed by atoms with Gasteiger partial charge in [-0.05, 0) is 35.2 Å². The number of carbonyl (C=O) groups is 1. The third-order valence-corrected chi connectivity index (χ3v) is 6.44. The van der Waals surface area contributed by atoms with Gasteiger partial charge in [-0.2, -0.15) is 0 Å². The number of para-hydroxylation sites is 1. The summed E-state index contributed by atoms with van der Waals surface area (Å²) in [6.45, 7) is 6.67. The van der Waals surface area contributed by atoms with Gasteiger partial charge in [0.15, 0.2) is 16.8 Å². The normalized spacial score (nSPS) is 11.0. The number of ketones is 1. The van der Waals surface area contributed by atoms with E-state index >= 15 is 0 Å². The third kappa shape index (κ3) is 7.05. The monoisotopic (exact) mass is 582 g/mol. The van der Waals surface area contributed by atoms with Gasteiger partial charge in [0, 0.05) is 23.4 Å². The molecule has 8 nitrogen and oxygen atoms in total. The molecule has 0 aliphatic carbocycles. The predicted octanol–water partition coefficient (Wildman–Crippen LogP) is 6.60. The molecule has 10 heteroatoms. The number of rotatable bonds is 9. The van der Waals surface area contributed by atoms with Crippen molar-refractivity contribution in [1.29, 1.82) is 0 Å². The fourth-order valence-corrected chi connectivity index (χ4v) is 4.39. The maximum atomic E-state index is 12.7. The van der Waals surface area contributed by atoms with E-state index in [0.29, 0.717) is 11.0 Å². The summed E-state index contributed by atoms with van der Waals surface area (Å²) >= 11 is 1.22. The number of hydrogen-bond acceptors (Lipinski definition) is 7. The number of ether oxygens (including phenoxy) is 1. The first-order valence-corrected chi connectivity index (χ1v) is 12.3. The highest BCUT2D eigenvalue weighted by Crippen LogP contribution is 2.26. The number of hydrogen-bond donors (Lipinski definition) is 0. The second-order valence-electron chi connectivity index (χ2n) is 9.15. The molecule has 0 fully saturated rings. The van der Waals surface area contributed by atoms with Crippen LogP contribution in [-0.4, -0.2) is 31.2 Å². The van der Waals surface area contributed by atoms with Crippen LogP contribution in [0.5, 0.6) is 5.75 Å². The first-order valence-electron chi connectivity index (χ1n) is 11.4. The van der Waals surface area contributed by atoms with E-state index in [1.807, 2.05) is 47.0 Å². The third-order valence-electron chi connectivity index (χ3n) is 5.51. The van der Waals surface area contributed by atoms with E-state index in [4.69, 9.17) is 4.74 Å². The average molecular weight is 584 g/mol. The van der Waals surface area contributed by atoms with Crippen LogP contribution in [0, 0.1) is 10.1 Å². The van der Waals surface area contributed by atoms with Gasteiger partial charge in [-0.25, -0.2) is 0 Å². The molecule has 0 bridgehead atoms. The molecule has 0 N–H and O–H groups in total. The van der Waals surface area contributed by atoms with Gasteiger partial charge in [0.2, 0.25) is 0 Å². The van der Waals surface area contributed by atoms with Crippen LogP contribution in [0.2, 0.25) is 0 Å². The van der Waals surface area contributed by atoms with Gasteiger partial charge in [0.25, 0.3) is 5.69 Å². The van der Waals surface area contributed by atoms with Crippen LogP contribution < -0.4 is 4.74 Å². The molecule has 1 aromatic heterocycles. The van der Waals surface area contributed by atoms with E-state index in [-0.39, 0.29) is 51.8 Å². The summed E-state index contributed by atoms with van der Waals surface area (Å²) in [7, 11) is 0. The number of nitro benzene ring substituents is 1. The summed E-state index contributed by atoms with van der Waals surface area (Å²) in [5.41, 5.74) is 2.28. The Balaban J connectivity index is 0.00000380. The zero-order valence-corrected chi connectivity index (χ0v) is 23.2. The maximum absolute atomic E-state index is 12.7. The lowest BCUT2D eigenvalue weighted by molar-refractivity contribution is -0.384. The van der Waals surface area contributed by atoms with Crippen LogP contribution in [0.3, 0.4) is 0 Å². The molecule has 0 spiro atoms. The lowest BCUT2D eigenvalue weighted by Crippen LogP contribution is -2.11. The molecule has 1 heterocycles. The van der Waals surface area contributed by atoms with E-state index in [1.54, 1.807) is 6.07 Å². The number of carbonyl (C=O) groups excluding carboxylic acids is 1. The minimum Gasteiger partial charge on any atom is -0.486 e. The molecule has 4 aromatic rings. The number of thioether (sulfide) groups is 1. The van der Waals surface area contributed by atoms with E-state index in [1.165, 1.54) is 35.5 Å². The van der Waals surface area contributed by atoms with E-state index in [2.05, 4.69) is 43.1 Å². The molecule has 0 aliphatic heterocycles. The number of nitro groups is 1. The van der Waals surface area contributed by atoms with Crippen molar-refractivity contribution < 1.29 is 14.5 Å². The highest BCUT2D eigenvalue weighted by molar-refractivity contribution is 8.93. The van der Waals surface area contributed by atoms with Crippen molar-refractivity contribution in [2.75, 3.05) is 5.75 Å². The Labute approximate surface area is 230 Å². The first kappa shape index (κ1) is 28.1. The summed E-state index contributed by atoms with van der Waals surface area (Å²) in [5.74, 6) is 1.14. The number of non-ortho nitro benzene ring substituents is 1. The van der Waals surface area contributed by atoms with Crippen LogP contribution in [0.4, 0.5) is 5.69 Å². The Morgan fingerprint density at radius 3 is 2.35 bits per heavy atom. The first-order chi connectivity index (χ1) is 17.2. The van der Waals surface area contributed by atoms with Gasteiger partial charge < -0.3 is 4.74 Å². The second kappa shape index (κ2) is 12.2. The molecule has 37 heavy (non-hydrogen) atoms. The van der Waals surface area contributed by atoms with Crippen molar-refractivity contribution in [1.82, 2.24) is 14.8 Å². The van der Waals surface area contributed by atoms with Crippen molar-refractivity contribution in [3.05, 3.63) is 106 Å². The van der Waals surface area contributed by atoms with Gasteiger partial charge in [-0.15, -0.1) is 27.2 Å². The Kier molecular flexibility index (Phi) is 9.23. The Bertz CT molecular complexity index is 1370. The lowest BCUT2D eigenvalue weighted by atomic mass is 9.87. The van der Waals surface area contributed by atoms with Gasteiger partial charge >= 0.3 is 0 Å². The summed E-state index contributed by atoms with van der Waals surface area (Å²) in [6.07, 6.45) is 0. The highest BCUT2D eigenvalue weighted by Gasteiger charge is 2.18. The summed E-state index contributed by atoms with van der Waals surface area (Å²) in [5, 5.41) is 20.2. The number of halogens is 1. The molecule has 192 valence electrons. The van der Waals surface area contributed by atoms with Gasteiger partial charge in [-0.1, -0.05) is 75.0 Å². The summed E-state index contributed by atoms with van der Waals surface area (Å²) < 4.78 is 7.86. The number of benzene rings is 3. The molecule has 4 rings (SSSR count). The number of aromatic nitrogens is 3. The molecule has 0 atom stereocenters. The van der Waals surface area contributed by atoms with Crippen molar-refractivity contribution in [2.24, 2.45) is 0 Å². The molecule has 0 aliphatic rings. The summed E-state index contributed by atoms with van der Waals surface area (Å²) in [4.78, 5) is 23.3. The van der Waals surface area contributed by atoms with Gasteiger partial charge in [0.05, 0.1) is 10.7 Å².